The van der Waals surface area contributed by atoms with E-state index in [1.54, 1.807) is 30.3 Å². The van der Waals surface area contributed by atoms with Gasteiger partial charge in [0.1, 0.15) is 0 Å². The summed E-state index contributed by atoms with van der Waals surface area (Å²) < 4.78 is 91.3. The summed E-state index contributed by atoms with van der Waals surface area (Å²) in [6.45, 7) is 5.29. The molecule has 0 bridgehead atoms. The Labute approximate surface area is 240 Å². The largest absolute Gasteiger partial charge is 0.460 e. The molecule has 43 heavy (non-hydrogen) atoms. The fourth-order valence-corrected chi connectivity index (χ4v) is 4.21. The minimum absolute atomic E-state index is 0.102. The minimum atomic E-state index is -6.66. The quantitative estimate of drug-likeness (QED) is 0.131. The predicted octanol–water partition coefficient (Wildman–Crippen LogP) is 7.44. The van der Waals surface area contributed by atoms with E-state index >= 15 is 0 Å². The van der Waals surface area contributed by atoms with Crippen LogP contribution in [0.2, 0.25) is 0 Å². The monoisotopic (exact) mass is 604 g/mol. The highest BCUT2D eigenvalue weighted by Gasteiger charge is 2.76. The summed E-state index contributed by atoms with van der Waals surface area (Å²) in [5.74, 6) is -16.1. The molecule has 3 aromatic carbocycles. The first-order chi connectivity index (χ1) is 20.0. The number of hydrogen-bond donors (Lipinski definition) is 2. The van der Waals surface area contributed by atoms with Crippen LogP contribution in [0.3, 0.4) is 0 Å². The van der Waals surface area contributed by atoms with Gasteiger partial charge in [-0.3, -0.25) is 9.59 Å². The lowest BCUT2D eigenvalue weighted by Crippen LogP contribution is -2.57. The molecule has 2 amide bonds. The second kappa shape index (κ2) is 11.5. The standard InChI is InChI=1S/C30H23F7N4O2/c1-16-11-12-21(17(2)13-16)25-15-23(22-9-4-5-10-24(22)39-25)26(42)41-40-18(3)19-7-6-8-20(14-19)38-27(43)28(31,32)29(33,34)30(35,36)37/h4-15H,1-3H3,(H,38,43)(H,41,42). The number of pyridine rings is 1. The van der Waals surface area contributed by atoms with Crippen molar-refractivity contribution in [1.82, 2.24) is 10.4 Å². The number of alkyl halides is 7. The van der Waals surface area contributed by atoms with Gasteiger partial charge in [-0.15, -0.1) is 0 Å². The predicted molar refractivity (Wildman–Crippen MR) is 147 cm³/mol. The van der Waals surface area contributed by atoms with Crippen LogP contribution >= 0.6 is 0 Å². The number of halogens is 7. The molecule has 1 heterocycles. The molecule has 4 aromatic rings. The summed E-state index contributed by atoms with van der Waals surface area (Å²) in [6.07, 6.45) is -6.66. The first-order valence-corrected chi connectivity index (χ1v) is 12.6. The highest BCUT2D eigenvalue weighted by Crippen LogP contribution is 2.47. The van der Waals surface area contributed by atoms with Gasteiger partial charge in [0, 0.05) is 16.6 Å². The van der Waals surface area contributed by atoms with Crippen molar-refractivity contribution in [3.63, 3.8) is 0 Å². The third kappa shape index (κ3) is 6.20. The van der Waals surface area contributed by atoms with E-state index in [4.69, 9.17) is 0 Å². The number of aryl methyl sites for hydroxylation is 2. The highest BCUT2D eigenvalue weighted by molar-refractivity contribution is 6.08. The summed E-state index contributed by atoms with van der Waals surface area (Å²) in [5.41, 5.74) is 6.34. The summed E-state index contributed by atoms with van der Waals surface area (Å²) in [5, 5.41) is 5.94. The maximum absolute atomic E-state index is 13.7. The van der Waals surface area contributed by atoms with Crippen molar-refractivity contribution in [3.8, 4) is 11.3 Å². The molecule has 0 fully saturated rings. The number of nitrogens with zero attached hydrogens (tertiary/aromatic N) is 2. The fourth-order valence-electron chi connectivity index (χ4n) is 4.21. The van der Waals surface area contributed by atoms with Crippen molar-refractivity contribution in [1.29, 1.82) is 0 Å². The Kier molecular flexibility index (Phi) is 8.30. The van der Waals surface area contributed by atoms with Crippen molar-refractivity contribution in [2.24, 2.45) is 5.10 Å². The van der Waals surface area contributed by atoms with Gasteiger partial charge in [-0.1, -0.05) is 54.1 Å². The third-order valence-corrected chi connectivity index (χ3v) is 6.52. The van der Waals surface area contributed by atoms with E-state index in [2.05, 4.69) is 15.5 Å². The number of benzene rings is 3. The second-order valence-corrected chi connectivity index (χ2v) is 9.71. The van der Waals surface area contributed by atoms with Gasteiger partial charge in [-0.2, -0.15) is 35.8 Å². The van der Waals surface area contributed by atoms with E-state index in [-0.39, 0.29) is 16.8 Å². The molecule has 0 aliphatic carbocycles. The second-order valence-electron chi connectivity index (χ2n) is 9.71. The van der Waals surface area contributed by atoms with Gasteiger partial charge in [-0.05, 0) is 56.2 Å². The molecule has 1 aromatic heterocycles. The highest BCUT2D eigenvalue weighted by atomic mass is 19.4. The van der Waals surface area contributed by atoms with Gasteiger partial charge in [0.2, 0.25) is 0 Å². The van der Waals surface area contributed by atoms with E-state index in [9.17, 15) is 40.3 Å². The Balaban J connectivity index is 1.58. The van der Waals surface area contributed by atoms with E-state index < -0.39 is 35.5 Å². The Morgan fingerprint density at radius 2 is 1.53 bits per heavy atom. The number of hydrogen-bond acceptors (Lipinski definition) is 4. The third-order valence-electron chi connectivity index (χ3n) is 6.52. The van der Waals surface area contributed by atoms with E-state index in [1.165, 1.54) is 24.4 Å². The Hall–Kier alpha value is -4.81. The number of carbonyl (C=O) groups excluding carboxylic acids is 2. The van der Waals surface area contributed by atoms with E-state index in [1.807, 2.05) is 32.0 Å². The number of fused-ring (bicyclic) bond motifs is 1. The smallest absolute Gasteiger partial charge is 0.321 e. The normalized spacial score (nSPS) is 12.7. The number of rotatable bonds is 7. The lowest BCUT2D eigenvalue weighted by atomic mass is 9.99. The van der Waals surface area contributed by atoms with Gasteiger partial charge in [0.05, 0.1) is 22.5 Å². The molecule has 0 aliphatic heterocycles. The summed E-state index contributed by atoms with van der Waals surface area (Å²) in [4.78, 5) is 29.7. The van der Waals surface area contributed by atoms with Crippen LogP contribution in [-0.4, -0.2) is 40.5 Å². The number of aromatic nitrogens is 1. The summed E-state index contributed by atoms with van der Waals surface area (Å²) in [7, 11) is 0. The van der Waals surface area contributed by atoms with Crippen molar-refractivity contribution in [3.05, 3.63) is 95.1 Å². The van der Waals surface area contributed by atoms with Crippen LogP contribution in [0, 0.1) is 13.8 Å². The summed E-state index contributed by atoms with van der Waals surface area (Å²) in [6, 6.07) is 19.0. The topological polar surface area (TPSA) is 83.4 Å². The first kappa shape index (κ1) is 31.1. The number of nitrogens with one attached hydrogen (secondary N) is 2. The fraction of sp³-hybridized carbons (Fsp3) is 0.200. The van der Waals surface area contributed by atoms with Crippen LogP contribution in [0.25, 0.3) is 22.2 Å². The van der Waals surface area contributed by atoms with Crippen LogP contribution in [-0.2, 0) is 4.79 Å². The molecule has 0 atom stereocenters. The number of amides is 2. The van der Waals surface area contributed by atoms with Gasteiger partial charge >= 0.3 is 23.9 Å². The maximum Gasteiger partial charge on any atom is 0.460 e. The molecule has 0 unspecified atom stereocenters. The average Bonchev–Trinajstić information content (AvgIpc) is 2.94. The van der Waals surface area contributed by atoms with Crippen LogP contribution in [0.5, 0.6) is 0 Å². The van der Waals surface area contributed by atoms with E-state index in [0.29, 0.717) is 16.6 Å². The molecular weight excluding hydrogens is 581 g/mol. The molecule has 0 saturated heterocycles. The van der Waals surface area contributed by atoms with Crippen LogP contribution in [0.15, 0.2) is 77.9 Å². The van der Waals surface area contributed by atoms with Gasteiger partial charge in [0.25, 0.3) is 5.91 Å². The molecule has 2 N–H and O–H groups in total. The Morgan fingerprint density at radius 1 is 0.837 bits per heavy atom. The summed E-state index contributed by atoms with van der Waals surface area (Å²) >= 11 is 0. The molecule has 0 radical (unpaired) electrons. The molecule has 224 valence electrons. The van der Waals surface area contributed by atoms with Gasteiger partial charge in [-0.25, -0.2) is 10.4 Å². The average molecular weight is 605 g/mol. The lowest BCUT2D eigenvalue weighted by Gasteiger charge is -2.27. The van der Waals surface area contributed by atoms with Gasteiger partial charge < -0.3 is 5.32 Å². The zero-order chi connectivity index (χ0) is 31.7. The van der Waals surface area contributed by atoms with Crippen LogP contribution in [0.4, 0.5) is 36.4 Å². The molecule has 0 spiro atoms. The molecule has 4 rings (SSSR count). The number of carbonyl (C=O) groups is 2. The zero-order valence-corrected chi connectivity index (χ0v) is 22.8. The molecular formula is C30H23F7N4O2. The first-order valence-electron chi connectivity index (χ1n) is 12.6. The maximum atomic E-state index is 13.7. The minimum Gasteiger partial charge on any atom is -0.321 e. The Bertz CT molecular complexity index is 1750. The number of anilines is 1. The van der Waals surface area contributed by atoms with Gasteiger partial charge in [0.15, 0.2) is 0 Å². The number of para-hydroxylation sites is 1. The van der Waals surface area contributed by atoms with E-state index in [0.717, 1.165) is 28.8 Å². The number of hydrazone groups is 1. The zero-order valence-electron chi connectivity index (χ0n) is 22.8. The molecule has 6 nitrogen and oxygen atoms in total. The van der Waals surface area contributed by atoms with Crippen molar-refractivity contribution < 1.29 is 40.3 Å². The Morgan fingerprint density at radius 3 is 2.21 bits per heavy atom. The van der Waals surface area contributed by atoms with Crippen LogP contribution < -0.4 is 10.7 Å². The SMILES string of the molecule is CC(=NNC(=O)c1cc(-c2ccc(C)cc2C)nc2ccccc12)c1cccc(NC(=O)C(F)(F)C(F)(F)C(F)(F)F)c1. The molecule has 0 saturated carbocycles. The van der Waals surface area contributed by atoms with Crippen molar-refractivity contribution in [2.45, 2.75) is 38.8 Å². The van der Waals surface area contributed by atoms with Crippen molar-refractivity contribution >= 4 is 34.1 Å². The lowest BCUT2D eigenvalue weighted by molar-refractivity contribution is -0.343. The van der Waals surface area contributed by atoms with Crippen LogP contribution in [0.1, 0.15) is 34.0 Å². The molecule has 13 heteroatoms. The van der Waals surface area contributed by atoms with Crippen molar-refractivity contribution in [2.75, 3.05) is 5.32 Å². The molecule has 0 aliphatic rings.